The minimum atomic E-state index is 0.00574. The van der Waals surface area contributed by atoms with Gasteiger partial charge >= 0.3 is 0 Å². The molecule has 1 aromatic heterocycles. The van der Waals surface area contributed by atoms with Crippen LogP contribution in [0, 0.1) is 0 Å². The molecule has 5 heteroatoms. The lowest BCUT2D eigenvalue weighted by molar-refractivity contribution is 0.0690. The van der Waals surface area contributed by atoms with E-state index in [1.807, 2.05) is 75.3 Å². The number of pyridine rings is 1. The predicted octanol–water partition coefficient (Wildman–Crippen LogP) is 3.11. The number of rotatable bonds is 8. The SMILES string of the molecule is CC(C)N(Cc1ccccc1)C(=O)c1ccc(NCCN(C)C)nc1. The number of nitrogens with one attached hydrogen (secondary N) is 1. The summed E-state index contributed by atoms with van der Waals surface area (Å²) in [5.41, 5.74) is 1.74. The molecule has 2 aromatic rings. The lowest BCUT2D eigenvalue weighted by atomic mass is 10.1. The Hall–Kier alpha value is -2.40. The molecule has 0 aliphatic carbocycles. The number of carbonyl (C=O) groups is 1. The smallest absolute Gasteiger partial charge is 0.255 e. The fourth-order valence-corrected chi connectivity index (χ4v) is 2.47. The number of hydrogen-bond donors (Lipinski definition) is 1. The van der Waals surface area contributed by atoms with Crippen LogP contribution in [0.5, 0.6) is 0 Å². The van der Waals surface area contributed by atoms with Crippen molar-refractivity contribution >= 4 is 11.7 Å². The summed E-state index contributed by atoms with van der Waals surface area (Å²) in [5.74, 6) is 0.795. The highest BCUT2D eigenvalue weighted by molar-refractivity contribution is 5.94. The number of aromatic nitrogens is 1. The van der Waals surface area contributed by atoms with Crippen LogP contribution in [0.25, 0.3) is 0 Å². The highest BCUT2D eigenvalue weighted by Gasteiger charge is 2.19. The summed E-state index contributed by atoms with van der Waals surface area (Å²) in [6, 6.07) is 13.9. The van der Waals surface area contributed by atoms with Crippen molar-refractivity contribution in [1.29, 1.82) is 0 Å². The third-order valence-corrected chi connectivity index (χ3v) is 3.96. The largest absolute Gasteiger partial charge is 0.369 e. The number of hydrogen-bond acceptors (Lipinski definition) is 4. The highest BCUT2D eigenvalue weighted by atomic mass is 16.2. The van der Waals surface area contributed by atoms with Crippen molar-refractivity contribution in [2.24, 2.45) is 0 Å². The highest BCUT2D eigenvalue weighted by Crippen LogP contribution is 2.14. The van der Waals surface area contributed by atoms with Gasteiger partial charge in [0.05, 0.1) is 5.56 Å². The zero-order valence-corrected chi connectivity index (χ0v) is 15.6. The minimum absolute atomic E-state index is 0.00574. The molecule has 0 radical (unpaired) electrons. The first-order valence-corrected chi connectivity index (χ1v) is 8.67. The van der Waals surface area contributed by atoms with Gasteiger partial charge in [-0.1, -0.05) is 30.3 Å². The molecule has 2 rings (SSSR count). The summed E-state index contributed by atoms with van der Waals surface area (Å²) in [7, 11) is 4.06. The first kappa shape index (κ1) is 18.9. The van der Waals surface area contributed by atoms with Crippen LogP contribution >= 0.6 is 0 Å². The van der Waals surface area contributed by atoms with Gasteiger partial charge in [-0.2, -0.15) is 0 Å². The topological polar surface area (TPSA) is 48.5 Å². The Balaban J connectivity index is 2.03. The van der Waals surface area contributed by atoms with Gasteiger partial charge in [0.15, 0.2) is 0 Å². The van der Waals surface area contributed by atoms with Gasteiger partial charge in [0.2, 0.25) is 0 Å². The maximum Gasteiger partial charge on any atom is 0.255 e. The molecule has 25 heavy (non-hydrogen) atoms. The molecule has 0 aliphatic rings. The first-order valence-electron chi connectivity index (χ1n) is 8.67. The fraction of sp³-hybridized carbons (Fsp3) is 0.400. The Kier molecular flexibility index (Phi) is 6.95. The van der Waals surface area contributed by atoms with E-state index in [1.165, 1.54) is 0 Å². The number of benzene rings is 1. The quantitative estimate of drug-likeness (QED) is 0.802. The average Bonchev–Trinajstić information content (AvgIpc) is 2.60. The van der Waals surface area contributed by atoms with Crippen LogP contribution < -0.4 is 5.32 Å². The third-order valence-electron chi connectivity index (χ3n) is 3.96. The molecule has 0 fully saturated rings. The molecule has 1 heterocycles. The average molecular weight is 340 g/mol. The third kappa shape index (κ3) is 5.87. The second kappa shape index (κ2) is 9.18. The van der Waals surface area contributed by atoms with Crippen molar-refractivity contribution in [3.63, 3.8) is 0 Å². The Labute approximate surface area is 150 Å². The molecule has 0 saturated carbocycles. The summed E-state index contributed by atoms with van der Waals surface area (Å²) in [5, 5.41) is 3.26. The van der Waals surface area contributed by atoms with Gasteiger partial charge in [-0.3, -0.25) is 4.79 Å². The standard InChI is InChI=1S/C20H28N4O/c1-16(2)24(15-17-8-6-5-7-9-17)20(25)18-10-11-19(22-14-18)21-12-13-23(3)4/h5-11,14,16H,12-13,15H2,1-4H3,(H,21,22). The van der Waals surface area contributed by atoms with E-state index in [9.17, 15) is 4.79 Å². The van der Waals surface area contributed by atoms with E-state index in [0.717, 1.165) is 24.5 Å². The van der Waals surface area contributed by atoms with Gasteiger partial charge < -0.3 is 15.1 Å². The molecule has 0 bridgehead atoms. The lowest BCUT2D eigenvalue weighted by Gasteiger charge is -2.27. The van der Waals surface area contributed by atoms with Gasteiger partial charge in [0.25, 0.3) is 5.91 Å². The maximum atomic E-state index is 12.9. The van der Waals surface area contributed by atoms with E-state index >= 15 is 0 Å². The molecule has 1 amide bonds. The zero-order chi connectivity index (χ0) is 18.2. The molecule has 0 atom stereocenters. The van der Waals surface area contributed by atoms with Crippen molar-refractivity contribution in [2.45, 2.75) is 26.4 Å². The summed E-state index contributed by atoms with van der Waals surface area (Å²) >= 11 is 0. The predicted molar refractivity (Wildman–Crippen MR) is 103 cm³/mol. The van der Waals surface area contributed by atoms with Crippen molar-refractivity contribution < 1.29 is 4.79 Å². The molecule has 134 valence electrons. The maximum absolute atomic E-state index is 12.9. The molecule has 0 aliphatic heterocycles. The van der Waals surface area contributed by atoms with Crippen LogP contribution in [0.3, 0.4) is 0 Å². The molecule has 0 saturated heterocycles. The molecular formula is C20H28N4O. The van der Waals surface area contributed by atoms with Gasteiger partial charge in [0.1, 0.15) is 5.82 Å². The number of likely N-dealkylation sites (N-methyl/N-ethyl adjacent to an activating group) is 1. The van der Waals surface area contributed by atoms with Crippen LogP contribution in [0.4, 0.5) is 5.82 Å². The van der Waals surface area contributed by atoms with Crippen molar-refractivity contribution in [3.05, 3.63) is 59.8 Å². The van der Waals surface area contributed by atoms with Crippen LogP contribution in [-0.4, -0.2) is 53.9 Å². The molecule has 0 spiro atoms. The van der Waals surface area contributed by atoms with Crippen LogP contribution in [-0.2, 0) is 6.54 Å². The summed E-state index contributed by atoms with van der Waals surface area (Å²) in [6.07, 6.45) is 1.65. The summed E-state index contributed by atoms with van der Waals surface area (Å²) < 4.78 is 0. The molecule has 1 N–H and O–H groups in total. The van der Waals surface area contributed by atoms with Gasteiger partial charge in [-0.15, -0.1) is 0 Å². The van der Waals surface area contributed by atoms with E-state index in [1.54, 1.807) is 6.20 Å². The van der Waals surface area contributed by atoms with E-state index in [-0.39, 0.29) is 11.9 Å². The van der Waals surface area contributed by atoms with E-state index in [2.05, 4.69) is 15.2 Å². The normalized spacial score (nSPS) is 11.0. The Morgan fingerprint density at radius 2 is 1.84 bits per heavy atom. The van der Waals surface area contributed by atoms with Crippen molar-refractivity contribution in [1.82, 2.24) is 14.8 Å². The Morgan fingerprint density at radius 1 is 1.12 bits per heavy atom. The van der Waals surface area contributed by atoms with Crippen LogP contribution in [0.2, 0.25) is 0 Å². The number of carbonyl (C=O) groups excluding carboxylic acids is 1. The van der Waals surface area contributed by atoms with Gasteiger partial charge in [-0.25, -0.2) is 4.98 Å². The van der Waals surface area contributed by atoms with Gasteiger partial charge in [0, 0.05) is 31.9 Å². The number of nitrogens with zero attached hydrogens (tertiary/aromatic N) is 3. The van der Waals surface area contributed by atoms with E-state index in [0.29, 0.717) is 12.1 Å². The molecule has 5 nitrogen and oxygen atoms in total. The van der Waals surface area contributed by atoms with Crippen molar-refractivity contribution in [3.8, 4) is 0 Å². The minimum Gasteiger partial charge on any atom is -0.369 e. The molecular weight excluding hydrogens is 312 g/mol. The Bertz CT molecular complexity index is 653. The Morgan fingerprint density at radius 3 is 2.40 bits per heavy atom. The fourth-order valence-electron chi connectivity index (χ4n) is 2.47. The monoisotopic (exact) mass is 340 g/mol. The lowest BCUT2D eigenvalue weighted by Crippen LogP contribution is -2.36. The molecule has 0 unspecified atom stereocenters. The van der Waals surface area contributed by atoms with E-state index in [4.69, 9.17) is 0 Å². The summed E-state index contributed by atoms with van der Waals surface area (Å²) in [4.78, 5) is 21.2. The van der Waals surface area contributed by atoms with Gasteiger partial charge in [-0.05, 0) is 45.6 Å². The number of anilines is 1. The van der Waals surface area contributed by atoms with Crippen LogP contribution in [0.1, 0.15) is 29.8 Å². The molecule has 1 aromatic carbocycles. The zero-order valence-electron chi connectivity index (χ0n) is 15.6. The first-order chi connectivity index (χ1) is 12.0. The van der Waals surface area contributed by atoms with E-state index < -0.39 is 0 Å². The van der Waals surface area contributed by atoms with Crippen LogP contribution in [0.15, 0.2) is 48.7 Å². The summed E-state index contributed by atoms with van der Waals surface area (Å²) in [6.45, 7) is 6.41. The van der Waals surface area contributed by atoms with Crippen molar-refractivity contribution in [2.75, 3.05) is 32.5 Å². The second-order valence-corrected chi connectivity index (χ2v) is 6.67. The second-order valence-electron chi connectivity index (χ2n) is 6.67. The number of amides is 1.